The van der Waals surface area contributed by atoms with E-state index < -0.39 is 5.97 Å². The number of carbonyl (C=O) groups excluding carboxylic acids is 3. The van der Waals surface area contributed by atoms with Crippen LogP contribution in [0.3, 0.4) is 0 Å². The Hall–Kier alpha value is -2.93. The first kappa shape index (κ1) is 16.9. The van der Waals surface area contributed by atoms with Crippen molar-refractivity contribution in [1.29, 1.82) is 0 Å². The molecule has 25 heavy (non-hydrogen) atoms. The van der Waals surface area contributed by atoms with Crippen molar-refractivity contribution in [3.8, 4) is 0 Å². The van der Waals surface area contributed by atoms with E-state index in [-0.39, 0.29) is 24.8 Å². The molecule has 0 fully saturated rings. The molecule has 128 valence electrons. The van der Waals surface area contributed by atoms with Gasteiger partial charge >= 0.3 is 5.97 Å². The van der Waals surface area contributed by atoms with Gasteiger partial charge in [-0.2, -0.15) is 0 Å². The van der Waals surface area contributed by atoms with Crippen molar-refractivity contribution in [2.75, 3.05) is 13.2 Å². The van der Waals surface area contributed by atoms with Crippen molar-refractivity contribution < 1.29 is 19.1 Å². The molecule has 6 nitrogen and oxygen atoms in total. The van der Waals surface area contributed by atoms with Crippen LogP contribution in [0, 0.1) is 6.92 Å². The number of para-hydroxylation sites is 1. The summed E-state index contributed by atoms with van der Waals surface area (Å²) in [5.74, 6) is -1.28. The van der Waals surface area contributed by atoms with Crippen LogP contribution in [0.5, 0.6) is 0 Å². The van der Waals surface area contributed by atoms with E-state index in [9.17, 15) is 14.4 Å². The van der Waals surface area contributed by atoms with Crippen molar-refractivity contribution >= 4 is 39.9 Å². The number of Topliss-reactive ketones (excluding diaryl/α,β-unsaturated/α-hetero) is 1. The summed E-state index contributed by atoms with van der Waals surface area (Å²) in [6, 6.07) is 10.9. The zero-order valence-electron chi connectivity index (χ0n) is 13.5. The first-order valence-electron chi connectivity index (χ1n) is 7.64. The Morgan fingerprint density at radius 2 is 1.96 bits per heavy atom. The summed E-state index contributed by atoms with van der Waals surface area (Å²) in [5, 5.41) is 5.04. The molecule has 3 aromatic rings. The minimum atomic E-state index is -0.657. The van der Waals surface area contributed by atoms with Gasteiger partial charge in [0.1, 0.15) is 6.54 Å². The lowest BCUT2D eigenvalue weighted by molar-refractivity contribution is -0.141. The first-order valence-corrected chi connectivity index (χ1v) is 8.52. The van der Waals surface area contributed by atoms with Gasteiger partial charge in [0, 0.05) is 22.2 Å². The van der Waals surface area contributed by atoms with E-state index in [1.807, 2.05) is 24.3 Å². The Morgan fingerprint density at radius 1 is 1.16 bits per heavy atom. The summed E-state index contributed by atoms with van der Waals surface area (Å²) >= 11 is 1.28. The third kappa shape index (κ3) is 3.77. The van der Waals surface area contributed by atoms with Gasteiger partial charge in [-0.3, -0.25) is 14.4 Å². The van der Waals surface area contributed by atoms with Crippen LogP contribution in [0.25, 0.3) is 10.9 Å². The Morgan fingerprint density at radius 3 is 2.72 bits per heavy atom. The molecule has 0 aliphatic carbocycles. The molecule has 2 heterocycles. The number of thiophene rings is 1. The summed E-state index contributed by atoms with van der Waals surface area (Å²) in [5.41, 5.74) is 2.11. The van der Waals surface area contributed by atoms with Crippen LogP contribution in [0.4, 0.5) is 0 Å². The average Bonchev–Trinajstić information content (AvgIpc) is 3.24. The Balaban J connectivity index is 1.55. The summed E-state index contributed by atoms with van der Waals surface area (Å²) < 4.78 is 4.99. The molecule has 0 spiro atoms. The maximum Gasteiger partial charge on any atom is 0.325 e. The molecule has 0 saturated heterocycles. The maximum atomic E-state index is 12.4. The minimum Gasteiger partial charge on any atom is -0.456 e. The molecule has 0 bridgehead atoms. The predicted molar refractivity (Wildman–Crippen MR) is 95.0 cm³/mol. The van der Waals surface area contributed by atoms with Crippen molar-refractivity contribution in [1.82, 2.24) is 10.3 Å². The molecule has 0 unspecified atom stereocenters. The number of amides is 1. The number of carbonyl (C=O) groups is 3. The van der Waals surface area contributed by atoms with E-state index in [1.54, 1.807) is 24.4 Å². The van der Waals surface area contributed by atoms with Crippen LogP contribution < -0.4 is 5.32 Å². The van der Waals surface area contributed by atoms with Crippen molar-refractivity contribution in [2.24, 2.45) is 0 Å². The molecule has 0 aliphatic heterocycles. The Kier molecular flexibility index (Phi) is 4.95. The fraction of sp³-hybridized carbons (Fsp3) is 0.167. The van der Waals surface area contributed by atoms with E-state index in [2.05, 4.69) is 10.3 Å². The largest absolute Gasteiger partial charge is 0.456 e. The smallest absolute Gasteiger partial charge is 0.325 e. The van der Waals surface area contributed by atoms with Crippen LogP contribution in [-0.2, 0) is 9.53 Å². The lowest BCUT2D eigenvalue weighted by atomic mass is 10.1. The third-order valence-corrected chi connectivity index (χ3v) is 4.54. The topological polar surface area (TPSA) is 88.3 Å². The summed E-state index contributed by atoms with van der Waals surface area (Å²) in [6.07, 6.45) is 0. The number of hydrogen-bond acceptors (Lipinski definition) is 5. The van der Waals surface area contributed by atoms with E-state index in [0.717, 1.165) is 16.6 Å². The SMILES string of the molecule is Cc1[nH]c2ccccc2c1C(=O)COC(=O)CNC(=O)c1cccs1. The van der Waals surface area contributed by atoms with E-state index in [1.165, 1.54) is 11.3 Å². The molecule has 2 aromatic heterocycles. The highest BCUT2D eigenvalue weighted by atomic mass is 32.1. The maximum absolute atomic E-state index is 12.4. The zero-order valence-corrected chi connectivity index (χ0v) is 14.3. The van der Waals surface area contributed by atoms with Gasteiger partial charge in [-0.15, -0.1) is 11.3 Å². The van der Waals surface area contributed by atoms with E-state index in [0.29, 0.717) is 10.4 Å². The second-order valence-electron chi connectivity index (χ2n) is 5.41. The number of aromatic nitrogens is 1. The van der Waals surface area contributed by atoms with Gasteiger partial charge in [0.2, 0.25) is 5.78 Å². The number of H-pyrrole nitrogens is 1. The number of esters is 1. The van der Waals surface area contributed by atoms with Crippen LogP contribution in [-0.4, -0.2) is 35.8 Å². The summed E-state index contributed by atoms with van der Waals surface area (Å²) in [4.78, 5) is 39.5. The van der Waals surface area contributed by atoms with Gasteiger partial charge in [-0.05, 0) is 24.4 Å². The van der Waals surface area contributed by atoms with Crippen LogP contribution in [0.1, 0.15) is 25.7 Å². The van der Waals surface area contributed by atoms with Crippen molar-refractivity contribution in [3.05, 3.63) is 57.9 Å². The molecular weight excluding hydrogens is 340 g/mol. The third-order valence-electron chi connectivity index (χ3n) is 3.67. The van der Waals surface area contributed by atoms with Crippen molar-refractivity contribution in [3.63, 3.8) is 0 Å². The predicted octanol–water partition coefficient (Wildman–Crippen LogP) is 2.69. The molecule has 7 heteroatoms. The number of fused-ring (bicyclic) bond motifs is 1. The van der Waals surface area contributed by atoms with E-state index in [4.69, 9.17) is 4.74 Å². The Bertz CT molecular complexity index is 928. The summed E-state index contributed by atoms with van der Waals surface area (Å²) in [6.45, 7) is 1.16. The highest BCUT2D eigenvalue weighted by molar-refractivity contribution is 7.12. The number of rotatable bonds is 6. The quantitative estimate of drug-likeness (QED) is 0.525. The molecule has 0 radical (unpaired) electrons. The fourth-order valence-corrected chi connectivity index (χ4v) is 3.19. The molecule has 2 N–H and O–H groups in total. The molecule has 3 rings (SSSR count). The molecule has 0 atom stereocenters. The monoisotopic (exact) mass is 356 g/mol. The number of aryl methyl sites for hydroxylation is 1. The molecule has 1 aromatic carbocycles. The van der Waals surface area contributed by atoms with Crippen LogP contribution >= 0.6 is 11.3 Å². The highest BCUT2D eigenvalue weighted by Gasteiger charge is 2.18. The number of hydrogen-bond donors (Lipinski definition) is 2. The minimum absolute atomic E-state index is 0.281. The Labute approximate surface area is 147 Å². The lowest BCUT2D eigenvalue weighted by Crippen LogP contribution is -2.31. The normalized spacial score (nSPS) is 10.6. The van der Waals surface area contributed by atoms with Gasteiger partial charge in [0.05, 0.1) is 4.88 Å². The standard InChI is InChI=1S/C18H16N2O4S/c1-11-17(12-5-2-3-6-13(12)20-11)14(21)10-24-16(22)9-19-18(23)15-7-4-8-25-15/h2-8,20H,9-10H2,1H3,(H,19,23). The van der Waals surface area contributed by atoms with Gasteiger partial charge in [-0.1, -0.05) is 24.3 Å². The van der Waals surface area contributed by atoms with Gasteiger partial charge < -0.3 is 15.0 Å². The molecule has 1 amide bonds. The molecular formula is C18H16N2O4S. The van der Waals surface area contributed by atoms with Gasteiger partial charge in [-0.25, -0.2) is 0 Å². The fourth-order valence-electron chi connectivity index (χ4n) is 2.55. The highest BCUT2D eigenvalue weighted by Crippen LogP contribution is 2.22. The molecule has 0 aliphatic rings. The second kappa shape index (κ2) is 7.31. The zero-order chi connectivity index (χ0) is 17.8. The number of nitrogens with one attached hydrogen (secondary N) is 2. The van der Waals surface area contributed by atoms with Crippen LogP contribution in [0.15, 0.2) is 41.8 Å². The number of aromatic amines is 1. The number of benzene rings is 1. The average molecular weight is 356 g/mol. The lowest BCUT2D eigenvalue weighted by Gasteiger charge is -2.06. The van der Waals surface area contributed by atoms with Gasteiger partial charge in [0.15, 0.2) is 6.61 Å². The van der Waals surface area contributed by atoms with E-state index >= 15 is 0 Å². The molecule has 0 saturated carbocycles. The second-order valence-corrected chi connectivity index (χ2v) is 6.36. The van der Waals surface area contributed by atoms with Gasteiger partial charge in [0.25, 0.3) is 5.91 Å². The van der Waals surface area contributed by atoms with Crippen molar-refractivity contribution in [2.45, 2.75) is 6.92 Å². The number of ether oxygens (including phenoxy) is 1. The summed E-state index contributed by atoms with van der Waals surface area (Å²) in [7, 11) is 0. The van der Waals surface area contributed by atoms with Crippen LogP contribution in [0.2, 0.25) is 0 Å². The first-order chi connectivity index (χ1) is 12.1. The number of ketones is 1.